The predicted octanol–water partition coefficient (Wildman–Crippen LogP) is 3.96. The molecule has 0 bridgehead atoms. The maximum Gasteiger partial charge on any atom is 0.266 e. The van der Waals surface area contributed by atoms with E-state index in [0.717, 1.165) is 12.3 Å². The molecule has 3 aromatic carbocycles. The number of nitrogens with zero attached hydrogens (tertiary/aromatic N) is 4. The van der Waals surface area contributed by atoms with E-state index in [2.05, 4.69) is 15.1 Å². The van der Waals surface area contributed by atoms with Gasteiger partial charge in [0.2, 0.25) is 10.0 Å². The van der Waals surface area contributed by atoms with Crippen LogP contribution in [0.1, 0.15) is 23.0 Å². The summed E-state index contributed by atoms with van der Waals surface area (Å²) in [6.45, 7) is 0.229. The molecule has 0 aliphatic carbocycles. The van der Waals surface area contributed by atoms with E-state index in [1.807, 2.05) is 0 Å². The van der Waals surface area contributed by atoms with Crippen LogP contribution in [0.15, 0.2) is 53.3 Å². The second-order valence-corrected chi connectivity index (χ2v) is 11.6. The quantitative estimate of drug-likeness (QED) is 0.338. The van der Waals surface area contributed by atoms with Crippen LogP contribution in [0.5, 0.6) is 0 Å². The third kappa shape index (κ3) is 4.44. The third-order valence-corrected chi connectivity index (χ3v) is 7.50. The van der Waals surface area contributed by atoms with Crippen LogP contribution >= 0.6 is 11.6 Å². The number of hydrogen-bond acceptors (Lipinski definition) is 6. The molecule has 0 fully saturated rings. The second kappa shape index (κ2) is 9.11. The summed E-state index contributed by atoms with van der Waals surface area (Å²) < 4.78 is 57.4. The van der Waals surface area contributed by atoms with E-state index < -0.39 is 27.7 Å². The van der Waals surface area contributed by atoms with Crippen molar-refractivity contribution < 1.29 is 17.2 Å². The molecule has 0 saturated carbocycles. The first-order valence-electron chi connectivity index (χ1n) is 11.9. The molecule has 13 heteroatoms. The topological polar surface area (TPSA) is 111 Å². The Morgan fingerprint density at radius 1 is 1.15 bits per heavy atom. The maximum atomic E-state index is 14.1. The van der Waals surface area contributed by atoms with Crippen molar-refractivity contribution in [2.45, 2.75) is 19.0 Å². The van der Waals surface area contributed by atoms with Crippen molar-refractivity contribution in [3.05, 3.63) is 92.5 Å². The molecule has 1 atom stereocenters. The molecule has 1 aliphatic heterocycles. The lowest BCUT2D eigenvalue weighted by Gasteiger charge is -2.20. The number of rotatable bonds is 4. The van der Waals surface area contributed by atoms with Crippen LogP contribution in [0.2, 0.25) is 5.02 Å². The Bertz CT molecular complexity index is 1970. The van der Waals surface area contributed by atoms with Gasteiger partial charge in [-0.1, -0.05) is 23.7 Å². The Kier molecular flexibility index (Phi) is 5.93. The van der Waals surface area contributed by atoms with Crippen LogP contribution in [0.4, 0.5) is 14.6 Å². The Hall–Kier alpha value is -3.87. The summed E-state index contributed by atoms with van der Waals surface area (Å²) in [7, 11) is -2.07. The molecule has 1 aliphatic rings. The Morgan fingerprint density at radius 3 is 2.59 bits per heavy atom. The van der Waals surface area contributed by atoms with Crippen molar-refractivity contribution >= 4 is 49.2 Å². The van der Waals surface area contributed by atoms with Gasteiger partial charge in [0.25, 0.3) is 5.56 Å². The normalized spacial score (nSPS) is 15.3. The zero-order chi connectivity index (χ0) is 27.6. The lowest BCUT2D eigenvalue weighted by atomic mass is 10.0. The average molecular weight is 571 g/mol. The second-order valence-electron chi connectivity index (χ2n) is 9.48. The number of anilines is 1. The molecule has 0 spiro atoms. The van der Waals surface area contributed by atoms with E-state index in [-0.39, 0.29) is 29.4 Å². The first-order valence-corrected chi connectivity index (χ1v) is 14.1. The number of para-hydroxylation sites is 1. The molecule has 1 unspecified atom stereocenters. The molecule has 0 amide bonds. The van der Waals surface area contributed by atoms with Gasteiger partial charge in [-0.3, -0.25) is 18.8 Å². The highest BCUT2D eigenvalue weighted by Crippen LogP contribution is 2.39. The SMILES string of the molecule is Cn1nc(NS(C)(=O)=O)c2c(Cl)cc3c(c21)-n1c(nc2ccccc2c1=O)C(Cc1cc(F)cc(F)c1)NC3. The lowest BCUT2D eigenvalue weighted by Crippen LogP contribution is -2.29. The molecule has 39 heavy (non-hydrogen) atoms. The summed E-state index contributed by atoms with van der Waals surface area (Å²) >= 11 is 6.66. The zero-order valence-electron chi connectivity index (χ0n) is 20.7. The van der Waals surface area contributed by atoms with Gasteiger partial charge in [0.1, 0.15) is 17.5 Å². The van der Waals surface area contributed by atoms with Gasteiger partial charge in [-0.05, 0) is 47.9 Å². The van der Waals surface area contributed by atoms with Crippen molar-refractivity contribution in [1.29, 1.82) is 0 Å². The average Bonchev–Trinajstić information content (AvgIpc) is 3.08. The van der Waals surface area contributed by atoms with Crippen molar-refractivity contribution in [3.63, 3.8) is 0 Å². The number of sulfonamides is 1. The summed E-state index contributed by atoms with van der Waals surface area (Å²) in [6, 6.07) is 11.2. The van der Waals surface area contributed by atoms with Crippen molar-refractivity contribution in [3.8, 4) is 5.69 Å². The summed E-state index contributed by atoms with van der Waals surface area (Å²) in [5, 5.41) is 8.63. The Balaban J connectivity index is 1.67. The predicted molar refractivity (Wildman–Crippen MR) is 145 cm³/mol. The van der Waals surface area contributed by atoms with Crippen molar-refractivity contribution in [2.75, 3.05) is 11.0 Å². The zero-order valence-corrected chi connectivity index (χ0v) is 22.2. The monoisotopic (exact) mass is 570 g/mol. The van der Waals surface area contributed by atoms with Crippen LogP contribution in [-0.2, 0) is 30.0 Å². The number of fused-ring (bicyclic) bond motifs is 6. The van der Waals surface area contributed by atoms with Crippen LogP contribution in [0.25, 0.3) is 27.5 Å². The molecule has 3 heterocycles. The Labute approximate surface area is 226 Å². The minimum Gasteiger partial charge on any atom is -0.303 e. The summed E-state index contributed by atoms with van der Waals surface area (Å²) in [5.74, 6) is -1.07. The molecule has 9 nitrogen and oxygen atoms in total. The largest absolute Gasteiger partial charge is 0.303 e. The fourth-order valence-electron chi connectivity index (χ4n) is 5.15. The number of nitrogens with one attached hydrogen (secondary N) is 2. The first-order chi connectivity index (χ1) is 18.5. The number of aromatic nitrogens is 4. The third-order valence-electron chi connectivity index (χ3n) is 6.64. The van der Waals surface area contributed by atoms with E-state index in [9.17, 15) is 22.0 Å². The lowest BCUT2D eigenvalue weighted by molar-refractivity contribution is 0.502. The summed E-state index contributed by atoms with van der Waals surface area (Å²) in [5.41, 5.74) is 1.97. The molecule has 5 aromatic rings. The van der Waals surface area contributed by atoms with Gasteiger partial charge in [-0.15, -0.1) is 0 Å². The van der Waals surface area contributed by atoms with Gasteiger partial charge in [-0.25, -0.2) is 22.2 Å². The number of halogens is 3. The standard InChI is InChI=1S/C26H21ClF2N6O3S/c1-34-23-21(24(32-34)33-39(2,37)38)18(27)10-14-12-30-20(9-13-7-15(28)11-16(29)8-13)25-31-19-6-4-3-5-17(19)26(36)35(25)22(14)23/h3-8,10-11,20,30H,9,12H2,1-2H3,(H,32,33). The highest BCUT2D eigenvalue weighted by Gasteiger charge is 2.30. The van der Waals surface area contributed by atoms with Crippen molar-refractivity contribution in [1.82, 2.24) is 24.6 Å². The van der Waals surface area contributed by atoms with Gasteiger partial charge in [0.15, 0.2) is 5.82 Å². The van der Waals surface area contributed by atoms with E-state index in [4.69, 9.17) is 16.6 Å². The summed E-state index contributed by atoms with van der Waals surface area (Å²) in [4.78, 5) is 18.9. The first kappa shape index (κ1) is 25.4. The highest BCUT2D eigenvalue weighted by atomic mass is 35.5. The van der Waals surface area contributed by atoms with Gasteiger partial charge in [-0.2, -0.15) is 5.10 Å². The number of benzene rings is 3. The minimum atomic E-state index is -3.69. The Morgan fingerprint density at radius 2 is 1.87 bits per heavy atom. The van der Waals surface area contributed by atoms with Gasteiger partial charge < -0.3 is 5.32 Å². The van der Waals surface area contributed by atoms with Crippen molar-refractivity contribution in [2.24, 2.45) is 7.05 Å². The van der Waals surface area contributed by atoms with Gasteiger partial charge >= 0.3 is 0 Å². The maximum absolute atomic E-state index is 14.1. The summed E-state index contributed by atoms with van der Waals surface area (Å²) in [6.07, 6.45) is 1.14. The molecule has 0 saturated heterocycles. The van der Waals surface area contributed by atoms with Crippen LogP contribution in [0, 0.1) is 11.6 Å². The van der Waals surface area contributed by atoms with E-state index in [1.54, 1.807) is 37.4 Å². The number of hydrogen-bond donors (Lipinski definition) is 2. The molecule has 6 rings (SSSR count). The molecule has 2 aromatic heterocycles. The molecule has 2 N–H and O–H groups in total. The molecular formula is C26H21ClF2N6O3S. The number of aryl methyl sites for hydroxylation is 1. The van der Waals surface area contributed by atoms with E-state index >= 15 is 0 Å². The van der Waals surface area contributed by atoms with Gasteiger partial charge in [0, 0.05) is 19.7 Å². The molecule has 200 valence electrons. The van der Waals surface area contributed by atoms with Crippen LogP contribution in [0.3, 0.4) is 0 Å². The molecule has 0 radical (unpaired) electrons. The van der Waals surface area contributed by atoms with Crippen LogP contribution in [-0.4, -0.2) is 34.0 Å². The smallest absolute Gasteiger partial charge is 0.266 e. The minimum absolute atomic E-state index is 0.0233. The fraction of sp³-hybridized carbons (Fsp3) is 0.192. The van der Waals surface area contributed by atoms with Gasteiger partial charge in [0.05, 0.1) is 44.8 Å². The van der Waals surface area contributed by atoms with Crippen LogP contribution < -0.4 is 15.6 Å². The molecular weight excluding hydrogens is 550 g/mol. The van der Waals surface area contributed by atoms with E-state index in [0.29, 0.717) is 44.4 Å². The highest BCUT2D eigenvalue weighted by molar-refractivity contribution is 7.92. The van der Waals surface area contributed by atoms with E-state index in [1.165, 1.54) is 21.4 Å². The fourth-order valence-corrected chi connectivity index (χ4v) is 5.96.